The summed E-state index contributed by atoms with van der Waals surface area (Å²) in [5.74, 6) is -3.17. The van der Waals surface area contributed by atoms with Crippen molar-refractivity contribution in [1.29, 1.82) is 0 Å². The Kier molecular flexibility index (Phi) is 9.00. The number of rotatable bonds is 11. The van der Waals surface area contributed by atoms with Gasteiger partial charge in [-0.15, -0.1) is 0 Å². The van der Waals surface area contributed by atoms with Gasteiger partial charge in [-0.3, -0.25) is 19.2 Å². The number of allylic oxidation sites excluding steroid dienone is 1. The molecule has 0 aliphatic rings. The van der Waals surface area contributed by atoms with Gasteiger partial charge in [0, 0.05) is 24.1 Å². The average molecular weight is 423 g/mol. The first-order chi connectivity index (χ1) is 14.8. The molecule has 0 aliphatic heterocycles. The first-order valence-electron chi connectivity index (χ1n) is 10.2. The van der Waals surface area contributed by atoms with E-state index in [4.69, 9.17) is 0 Å². The minimum Gasteiger partial charge on any atom is -0.355 e. The first-order valence-corrected chi connectivity index (χ1v) is 10.2. The van der Waals surface area contributed by atoms with E-state index in [-0.39, 0.29) is 23.6 Å². The molecule has 1 N–H and O–H groups in total. The molecular formula is C25H26FNO4. The van der Waals surface area contributed by atoms with Gasteiger partial charge in [0.15, 0.2) is 17.3 Å². The van der Waals surface area contributed by atoms with Gasteiger partial charge in [-0.25, -0.2) is 4.39 Å². The number of benzene rings is 2. The zero-order valence-electron chi connectivity index (χ0n) is 17.7. The van der Waals surface area contributed by atoms with Crippen LogP contribution in [0.4, 0.5) is 4.39 Å². The van der Waals surface area contributed by atoms with Crippen LogP contribution in [0, 0.1) is 11.7 Å². The molecule has 0 aliphatic carbocycles. The number of amides is 1. The number of unbranched alkanes of at least 4 members (excludes halogenated alkanes) is 1. The highest BCUT2D eigenvalue weighted by molar-refractivity contribution is 6.13. The van der Waals surface area contributed by atoms with Gasteiger partial charge >= 0.3 is 0 Å². The molecule has 5 nitrogen and oxygen atoms in total. The number of hydrogen-bond acceptors (Lipinski definition) is 4. The van der Waals surface area contributed by atoms with E-state index in [1.165, 1.54) is 25.1 Å². The topological polar surface area (TPSA) is 80.3 Å². The molecule has 162 valence electrons. The standard InChI is InChI=1S/C25H26FNO4/c1-3-4-15-27-25(31)22(24(30)20-11-13-21(26)14-12-20)16-23(29)19-9-7-18(8-10-19)6-5-17(2)28/h5-14,22H,3-4,15-16H2,1-2H3,(H,27,31)/b6-5+. The fraction of sp³-hybridized carbons (Fsp3) is 0.280. The van der Waals surface area contributed by atoms with Crippen molar-refractivity contribution in [3.63, 3.8) is 0 Å². The first kappa shape index (κ1) is 23.9. The molecule has 2 aromatic carbocycles. The summed E-state index contributed by atoms with van der Waals surface area (Å²) in [7, 11) is 0. The summed E-state index contributed by atoms with van der Waals surface area (Å²) in [5, 5.41) is 2.71. The maximum absolute atomic E-state index is 13.2. The number of hydrogen-bond donors (Lipinski definition) is 1. The predicted octanol–water partition coefficient (Wildman–Crippen LogP) is 4.42. The molecule has 0 fully saturated rings. The third kappa shape index (κ3) is 7.41. The lowest BCUT2D eigenvalue weighted by atomic mass is 9.90. The zero-order chi connectivity index (χ0) is 22.8. The van der Waals surface area contributed by atoms with Crippen LogP contribution in [-0.2, 0) is 9.59 Å². The van der Waals surface area contributed by atoms with Gasteiger partial charge in [0.2, 0.25) is 5.91 Å². The summed E-state index contributed by atoms with van der Waals surface area (Å²) in [6.07, 6.45) is 4.40. The van der Waals surface area contributed by atoms with Crippen LogP contribution in [0.25, 0.3) is 6.08 Å². The normalized spacial score (nSPS) is 11.8. The Hall–Kier alpha value is -3.41. The number of carbonyl (C=O) groups is 4. The summed E-state index contributed by atoms with van der Waals surface area (Å²) in [6.45, 7) is 3.83. The Morgan fingerprint density at radius 1 is 0.968 bits per heavy atom. The monoisotopic (exact) mass is 423 g/mol. The summed E-state index contributed by atoms with van der Waals surface area (Å²) in [4.78, 5) is 49.4. The van der Waals surface area contributed by atoms with Crippen molar-refractivity contribution in [1.82, 2.24) is 5.32 Å². The molecule has 2 aromatic rings. The second-order valence-corrected chi connectivity index (χ2v) is 7.26. The van der Waals surface area contributed by atoms with E-state index >= 15 is 0 Å². The lowest BCUT2D eigenvalue weighted by Gasteiger charge is -2.16. The summed E-state index contributed by atoms with van der Waals surface area (Å²) >= 11 is 0. The molecule has 0 heterocycles. The van der Waals surface area contributed by atoms with E-state index in [9.17, 15) is 23.6 Å². The van der Waals surface area contributed by atoms with Crippen molar-refractivity contribution in [2.45, 2.75) is 33.1 Å². The molecule has 0 radical (unpaired) electrons. The van der Waals surface area contributed by atoms with Crippen LogP contribution in [-0.4, -0.2) is 29.8 Å². The Morgan fingerprint density at radius 2 is 1.58 bits per heavy atom. The third-order valence-corrected chi connectivity index (χ3v) is 4.72. The summed E-state index contributed by atoms with van der Waals surface area (Å²) in [5.41, 5.74) is 1.29. The highest BCUT2D eigenvalue weighted by Gasteiger charge is 2.30. The molecule has 2 rings (SSSR count). The molecule has 0 bridgehead atoms. The van der Waals surface area contributed by atoms with Crippen molar-refractivity contribution < 1.29 is 23.6 Å². The number of carbonyl (C=O) groups excluding carboxylic acids is 4. The highest BCUT2D eigenvalue weighted by atomic mass is 19.1. The smallest absolute Gasteiger partial charge is 0.231 e. The van der Waals surface area contributed by atoms with Crippen LogP contribution >= 0.6 is 0 Å². The van der Waals surface area contributed by atoms with Crippen molar-refractivity contribution in [2.24, 2.45) is 5.92 Å². The molecule has 0 saturated heterocycles. The van der Waals surface area contributed by atoms with Gasteiger partial charge < -0.3 is 5.32 Å². The Morgan fingerprint density at radius 3 is 2.16 bits per heavy atom. The number of ketones is 3. The molecule has 1 atom stereocenters. The van der Waals surface area contributed by atoms with E-state index in [0.717, 1.165) is 30.5 Å². The van der Waals surface area contributed by atoms with Crippen LogP contribution < -0.4 is 5.32 Å². The van der Waals surface area contributed by atoms with Gasteiger partial charge in [0.25, 0.3) is 0 Å². The lowest BCUT2D eigenvalue weighted by molar-refractivity contribution is -0.123. The number of Topliss-reactive ketones (excluding diaryl/α,β-unsaturated/α-hetero) is 2. The third-order valence-electron chi connectivity index (χ3n) is 4.72. The minimum atomic E-state index is -1.20. The van der Waals surface area contributed by atoms with Crippen molar-refractivity contribution in [2.75, 3.05) is 6.54 Å². The van der Waals surface area contributed by atoms with E-state index in [2.05, 4.69) is 5.32 Å². The van der Waals surface area contributed by atoms with Gasteiger partial charge in [-0.2, -0.15) is 0 Å². The summed E-state index contributed by atoms with van der Waals surface area (Å²) < 4.78 is 13.2. The van der Waals surface area contributed by atoms with Crippen molar-refractivity contribution in [3.8, 4) is 0 Å². The molecular weight excluding hydrogens is 397 g/mol. The van der Waals surface area contributed by atoms with Crippen LogP contribution in [0.2, 0.25) is 0 Å². The zero-order valence-corrected chi connectivity index (χ0v) is 17.7. The second-order valence-electron chi connectivity index (χ2n) is 7.26. The molecule has 1 amide bonds. The molecule has 0 saturated carbocycles. The van der Waals surface area contributed by atoms with Gasteiger partial charge in [0.1, 0.15) is 11.7 Å². The van der Waals surface area contributed by atoms with Gasteiger partial charge in [0.05, 0.1) is 0 Å². The Balaban J connectivity index is 2.19. The second kappa shape index (κ2) is 11.7. The van der Waals surface area contributed by atoms with Crippen LogP contribution in [0.15, 0.2) is 54.6 Å². The van der Waals surface area contributed by atoms with Crippen LogP contribution in [0.5, 0.6) is 0 Å². The highest BCUT2D eigenvalue weighted by Crippen LogP contribution is 2.18. The summed E-state index contributed by atoms with van der Waals surface area (Å²) in [6, 6.07) is 11.5. The largest absolute Gasteiger partial charge is 0.355 e. The van der Waals surface area contributed by atoms with Gasteiger partial charge in [-0.05, 0) is 49.2 Å². The van der Waals surface area contributed by atoms with Crippen molar-refractivity contribution >= 4 is 29.3 Å². The molecule has 6 heteroatoms. The fourth-order valence-electron chi connectivity index (χ4n) is 2.93. The molecule has 0 spiro atoms. The average Bonchev–Trinajstić information content (AvgIpc) is 2.76. The quantitative estimate of drug-likeness (QED) is 0.251. The van der Waals surface area contributed by atoms with Gasteiger partial charge in [-0.1, -0.05) is 43.7 Å². The maximum Gasteiger partial charge on any atom is 0.231 e. The number of halogens is 1. The van der Waals surface area contributed by atoms with E-state index in [0.29, 0.717) is 12.1 Å². The number of nitrogens with one attached hydrogen (secondary N) is 1. The molecule has 31 heavy (non-hydrogen) atoms. The molecule has 1 unspecified atom stereocenters. The minimum absolute atomic E-state index is 0.0867. The van der Waals surface area contributed by atoms with E-state index < -0.39 is 23.4 Å². The molecule has 0 aromatic heterocycles. The van der Waals surface area contributed by atoms with E-state index in [1.54, 1.807) is 30.3 Å². The van der Waals surface area contributed by atoms with Crippen LogP contribution in [0.1, 0.15) is 59.4 Å². The lowest BCUT2D eigenvalue weighted by Crippen LogP contribution is -2.37. The van der Waals surface area contributed by atoms with Crippen LogP contribution in [0.3, 0.4) is 0 Å². The van der Waals surface area contributed by atoms with Crippen molar-refractivity contribution in [3.05, 3.63) is 77.1 Å². The Bertz CT molecular complexity index is 962. The van der Waals surface area contributed by atoms with E-state index in [1.807, 2.05) is 6.92 Å². The fourth-order valence-corrected chi connectivity index (χ4v) is 2.93. The predicted molar refractivity (Wildman–Crippen MR) is 117 cm³/mol. The Labute approximate surface area is 181 Å². The SMILES string of the molecule is CCCCNC(=O)C(CC(=O)c1ccc(/C=C/C(C)=O)cc1)C(=O)c1ccc(F)cc1. The maximum atomic E-state index is 13.2.